The van der Waals surface area contributed by atoms with Gasteiger partial charge in [-0.2, -0.15) is 0 Å². The first-order chi connectivity index (χ1) is 13.0. The molecule has 0 radical (unpaired) electrons. The zero-order valence-corrected chi connectivity index (χ0v) is 18.2. The summed E-state index contributed by atoms with van der Waals surface area (Å²) in [4.78, 5) is 24.5. The zero-order valence-electron chi connectivity index (χ0n) is 16.6. The lowest BCUT2D eigenvalue weighted by Crippen LogP contribution is -2.69. The molecule has 6 heteroatoms. The predicted molar refractivity (Wildman–Crippen MR) is 108 cm³/mol. The molecule has 4 aliphatic rings. The number of ketones is 2. The number of alkyl halides is 1. The number of hydrogen-bond donors (Lipinski definition) is 3. The molecule has 0 saturated heterocycles. The second-order valence-electron chi connectivity index (χ2n) is 9.77. The van der Waals surface area contributed by atoms with Crippen molar-refractivity contribution in [2.45, 2.75) is 62.5 Å². The van der Waals surface area contributed by atoms with Crippen molar-refractivity contribution in [1.82, 2.24) is 0 Å². The molecule has 4 aliphatic carbocycles. The molecule has 3 saturated carbocycles. The van der Waals surface area contributed by atoms with Crippen molar-refractivity contribution in [1.29, 1.82) is 0 Å². The number of carbonyl (C=O) groups excluding carboxylic acids is 2. The summed E-state index contributed by atoms with van der Waals surface area (Å²) in [6.07, 6.45) is 6.43. The van der Waals surface area contributed by atoms with Gasteiger partial charge >= 0.3 is 0 Å². The van der Waals surface area contributed by atoms with E-state index in [1.807, 2.05) is 13.0 Å². The number of fused-ring (bicyclic) bond motifs is 5. The third-order valence-corrected chi connectivity index (χ3v) is 10.7. The Hall–Kier alpha value is -0.820. The fourth-order valence-electron chi connectivity index (χ4n) is 7.19. The molecule has 0 amide bonds. The van der Waals surface area contributed by atoms with Crippen LogP contribution in [0.2, 0.25) is 0 Å². The minimum Gasteiger partial charge on any atom is -0.392 e. The summed E-state index contributed by atoms with van der Waals surface area (Å²) in [6.45, 7) is 5.39. The Morgan fingerprint density at radius 1 is 1.32 bits per heavy atom. The van der Waals surface area contributed by atoms with Crippen LogP contribution in [0.4, 0.5) is 0 Å². The molecule has 0 bridgehead atoms. The van der Waals surface area contributed by atoms with E-state index in [0.29, 0.717) is 12.8 Å². The second-order valence-corrected chi connectivity index (χ2v) is 11.1. The number of halogens is 1. The summed E-state index contributed by atoms with van der Waals surface area (Å²) in [5.41, 5.74) is -1.89. The van der Waals surface area contributed by atoms with Crippen LogP contribution in [-0.4, -0.2) is 49.5 Å². The van der Waals surface area contributed by atoms with Gasteiger partial charge in [0, 0.05) is 10.8 Å². The normalized spacial score (nSPS) is 52.5. The van der Waals surface area contributed by atoms with Crippen molar-refractivity contribution in [3.8, 4) is 0 Å². The number of hydrogen-bond acceptors (Lipinski definition) is 5. The van der Waals surface area contributed by atoms with Crippen LogP contribution >= 0.6 is 15.9 Å². The molecule has 8 atom stereocenters. The maximum atomic E-state index is 12.5. The highest BCUT2D eigenvalue weighted by Crippen LogP contribution is 2.71. The maximum Gasteiger partial charge on any atom is 0.190 e. The minimum absolute atomic E-state index is 0.0206. The van der Waals surface area contributed by atoms with Crippen LogP contribution in [0.1, 0.15) is 46.5 Å². The van der Waals surface area contributed by atoms with Crippen molar-refractivity contribution >= 4 is 27.5 Å². The molecule has 0 aromatic heterocycles. The average molecular weight is 453 g/mol. The van der Waals surface area contributed by atoms with E-state index in [2.05, 4.69) is 29.8 Å². The van der Waals surface area contributed by atoms with Crippen molar-refractivity contribution in [2.75, 3.05) is 6.61 Å². The highest BCUT2D eigenvalue weighted by atomic mass is 79.9. The molecule has 0 heterocycles. The van der Waals surface area contributed by atoms with E-state index in [4.69, 9.17) is 0 Å². The van der Waals surface area contributed by atoms with Gasteiger partial charge in [0.1, 0.15) is 12.2 Å². The first kappa shape index (κ1) is 20.5. The molecule has 0 aromatic carbocycles. The number of allylic oxidation sites excluding steroid dienone is 4. The molecule has 3 N–H and O–H groups in total. The monoisotopic (exact) mass is 452 g/mol. The van der Waals surface area contributed by atoms with Crippen molar-refractivity contribution in [2.24, 2.45) is 28.6 Å². The standard InChI is InChI=1S/C22H29BrO5/c1-12-8-16-14-5-7-21(28,18(27)11-24)20(14,3)10-17(26)22(16,23)19(2)6-4-13(25)9-15(12)19/h4,6,9,12,14,16-17,24,26,28H,5,7-8,10-11H2,1-3H3/t12-,14-,16-,17?,19-,20-,21-,22-/m0/s1. The van der Waals surface area contributed by atoms with Crippen LogP contribution in [0.15, 0.2) is 23.8 Å². The van der Waals surface area contributed by atoms with Crippen LogP contribution in [0.25, 0.3) is 0 Å². The summed E-state index contributed by atoms with van der Waals surface area (Å²) in [6, 6.07) is 0. The number of rotatable bonds is 2. The number of carbonyl (C=O) groups is 2. The summed E-state index contributed by atoms with van der Waals surface area (Å²) in [5.74, 6) is -0.357. The third kappa shape index (κ3) is 2.18. The van der Waals surface area contributed by atoms with Gasteiger partial charge < -0.3 is 15.3 Å². The van der Waals surface area contributed by atoms with E-state index in [0.717, 1.165) is 12.0 Å². The lowest BCUT2D eigenvalue weighted by molar-refractivity contribution is -0.173. The highest BCUT2D eigenvalue weighted by molar-refractivity contribution is 9.10. The van der Waals surface area contributed by atoms with Gasteiger partial charge in [0.05, 0.1) is 10.4 Å². The Kier molecular flexibility index (Phi) is 4.45. The largest absolute Gasteiger partial charge is 0.392 e. The molecule has 3 fully saturated rings. The molecule has 0 aromatic rings. The van der Waals surface area contributed by atoms with Crippen molar-refractivity contribution in [3.05, 3.63) is 23.8 Å². The lowest BCUT2D eigenvalue weighted by Gasteiger charge is -2.65. The van der Waals surface area contributed by atoms with E-state index < -0.39 is 39.2 Å². The van der Waals surface area contributed by atoms with E-state index in [-0.39, 0.29) is 30.0 Å². The Morgan fingerprint density at radius 3 is 2.64 bits per heavy atom. The van der Waals surface area contributed by atoms with Crippen molar-refractivity contribution in [3.63, 3.8) is 0 Å². The van der Waals surface area contributed by atoms with Crippen LogP contribution in [-0.2, 0) is 9.59 Å². The molecule has 28 heavy (non-hydrogen) atoms. The van der Waals surface area contributed by atoms with Crippen LogP contribution < -0.4 is 0 Å². The summed E-state index contributed by atoms with van der Waals surface area (Å²) in [7, 11) is 0. The van der Waals surface area contributed by atoms with Crippen LogP contribution in [0, 0.1) is 28.6 Å². The van der Waals surface area contributed by atoms with E-state index in [1.165, 1.54) is 0 Å². The molecule has 4 rings (SSSR count). The van der Waals surface area contributed by atoms with Gasteiger partial charge in [0.15, 0.2) is 11.6 Å². The minimum atomic E-state index is -1.61. The number of Topliss-reactive ketones (excluding diaryl/α,β-unsaturated/α-hetero) is 1. The summed E-state index contributed by atoms with van der Waals surface area (Å²) >= 11 is 3.97. The Bertz CT molecular complexity index is 805. The summed E-state index contributed by atoms with van der Waals surface area (Å²) < 4.78 is -0.673. The molecule has 0 spiro atoms. The van der Waals surface area contributed by atoms with Crippen molar-refractivity contribution < 1.29 is 24.9 Å². The first-order valence-corrected chi connectivity index (χ1v) is 10.9. The number of aliphatic hydroxyl groups is 3. The quantitative estimate of drug-likeness (QED) is 0.558. The highest BCUT2D eigenvalue weighted by Gasteiger charge is 2.73. The molecule has 154 valence electrons. The van der Waals surface area contributed by atoms with Gasteiger partial charge in [-0.05, 0) is 55.6 Å². The van der Waals surface area contributed by atoms with E-state index >= 15 is 0 Å². The Morgan fingerprint density at radius 2 is 2.00 bits per heavy atom. The fraction of sp³-hybridized carbons (Fsp3) is 0.727. The van der Waals surface area contributed by atoms with Gasteiger partial charge in [0.25, 0.3) is 0 Å². The Balaban J connectivity index is 1.84. The maximum absolute atomic E-state index is 12.5. The average Bonchev–Trinajstić information content (AvgIpc) is 2.91. The Labute approximate surface area is 174 Å². The molecular formula is C22H29BrO5. The van der Waals surface area contributed by atoms with Gasteiger partial charge in [-0.25, -0.2) is 0 Å². The predicted octanol–water partition coefficient (Wildman–Crippen LogP) is 2.32. The van der Waals surface area contributed by atoms with Gasteiger partial charge in [-0.1, -0.05) is 48.4 Å². The van der Waals surface area contributed by atoms with Gasteiger partial charge in [-0.15, -0.1) is 0 Å². The smallest absolute Gasteiger partial charge is 0.190 e. The topological polar surface area (TPSA) is 94.8 Å². The van der Waals surface area contributed by atoms with Crippen LogP contribution in [0.5, 0.6) is 0 Å². The molecule has 0 aliphatic heterocycles. The van der Waals surface area contributed by atoms with E-state index in [9.17, 15) is 24.9 Å². The SMILES string of the molecule is C[C@H]1C[C@H]2[C@@H]3CC[C@](O)(C(=O)CO)[C@@]3(C)CC(O)[C@]2(Br)[C@@]2(C)C=CC(=O)C=C12. The number of aliphatic hydroxyl groups excluding tert-OH is 2. The van der Waals surface area contributed by atoms with Gasteiger partial charge in [0.2, 0.25) is 0 Å². The fourth-order valence-corrected chi connectivity index (χ4v) is 8.22. The molecule has 5 nitrogen and oxygen atoms in total. The second kappa shape index (κ2) is 6.10. The van der Waals surface area contributed by atoms with E-state index in [1.54, 1.807) is 12.2 Å². The third-order valence-electron chi connectivity index (χ3n) is 8.73. The molecular weight excluding hydrogens is 424 g/mol. The zero-order chi connectivity index (χ0) is 20.7. The van der Waals surface area contributed by atoms with Gasteiger partial charge in [-0.3, -0.25) is 9.59 Å². The first-order valence-electron chi connectivity index (χ1n) is 10.1. The lowest BCUT2D eigenvalue weighted by atomic mass is 9.44. The summed E-state index contributed by atoms with van der Waals surface area (Å²) in [5, 5.41) is 32.2. The molecule has 1 unspecified atom stereocenters. The van der Waals surface area contributed by atoms with Crippen LogP contribution in [0.3, 0.4) is 0 Å².